The van der Waals surface area contributed by atoms with Crippen molar-refractivity contribution in [2.75, 3.05) is 26.2 Å². The van der Waals surface area contributed by atoms with Crippen LogP contribution in [0.5, 0.6) is 0 Å². The van der Waals surface area contributed by atoms with Crippen molar-refractivity contribution in [3.8, 4) is 0 Å². The molecule has 0 bridgehead atoms. The molecule has 2 aliphatic rings. The maximum atomic E-state index is 13.0. The van der Waals surface area contributed by atoms with Gasteiger partial charge in [-0.2, -0.15) is 0 Å². The first-order valence-corrected chi connectivity index (χ1v) is 8.97. The van der Waals surface area contributed by atoms with E-state index in [0.717, 1.165) is 25.7 Å². The molecule has 1 aromatic rings. The maximum absolute atomic E-state index is 13.0. The second kappa shape index (κ2) is 7.79. The lowest BCUT2D eigenvalue weighted by Gasteiger charge is -2.40. The van der Waals surface area contributed by atoms with Crippen LogP contribution in [-0.2, 0) is 9.53 Å². The molecule has 2 atom stereocenters. The number of carbonyl (C=O) groups is 2. The molecule has 5 heteroatoms. The largest absolute Gasteiger partial charge is 0.375 e. The molecule has 2 heterocycles. The van der Waals surface area contributed by atoms with Gasteiger partial charge in [-0.1, -0.05) is 25.1 Å². The molecule has 0 radical (unpaired) electrons. The van der Waals surface area contributed by atoms with Gasteiger partial charge in [-0.05, 0) is 37.8 Å². The summed E-state index contributed by atoms with van der Waals surface area (Å²) >= 11 is 0. The van der Waals surface area contributed by atoms with E-state index >= 15 is 0 Å². The fraction of sp³-hybridized carbons (Fsp3) is 0.579. The summed E-state index contributed by atoms with van der Waals surface area (Å²) in [7, 11) is 0. The number of nitrogens with zero attached hydrogens (tertiary/aromatic N) is 2. The van der Waals surface area contributed by atoms with E-state index in [9.17, 15) is 9.59 Å². The predicted molar refractivity (Wildman–Crippen MR) is 91.7 cm³/mol. The zero-order valence-electron chi connectivity index (χ0n) is 14.3. The highest BCUT2D eigenvalue weighted by Crippen LogP contribution is 2.22. The SMILES string of the molecule is CC[C@@H]1CN(C(=O)[C@H]2CCCCN2C(=O)c2ccccc2)CCO1. The number of piperidine rings is 1. The summed E-state index contributed by atoms with van der Waals surface area (Å²) < 4.78 is 5.66. The minimum atomic E-state index is -0.331. The molecule has 2 amide bonds. The number of benzene rings is 1. The number of morpholine rings is 1. The van der Waals surface area contributed by atoms with Crippen LogP contribution in [0.1, 0.15) is 43.0 Å². The first-order valence-electron chi connectivity index (χ1n) is 8.97. The lowest BCUT2D eigenvalue weighted by atomic mass is 9.99. The van der Waals surface area contributed by atoms with Crippen molar-refractivity contribution in [2.45, 2.75) is 44.8 Å². The third-order valence-corrected chi connectivity index (χ3v) is 4.98. The van der Waals surface area contributed by atoms with E-state index in [1.54, 1.807) is 4.90 Å². The molecule has 0 saturated carbocycles. The summed E-state index contributed by atoms with van der Waals surface area (Å²) in [5.41, 5.74) is 0.658. The van der Waals surface area contributed by atoms with Gasteiger partial charge in [0, 0.05) is 25.2 Å². The molecule has 0 unspecified atom stereocenters. The van der Waals surface area contributed by atoms with Crippen LogP contribution >= 0.6 is 0 Å². The van der Waals surface area contributed by atoms with Gasteiger partial charge in [0.15, 0.2) is 0 Å². The number of likely N-dealkylation sites (tertiary alicyclic amines) is 1. The van der Waals surface area contributed by atoms with Gasteiger partial charge < -0.3 is 14.5 Å². The van der Waals surface area contributed by atoms with Gasteiger partial charge in [-0.25, -0.2) is 0 Å². The van der Waals surface area contributed by atoms with Crippen LogP contribution in [0.4, 0.5) is 0 Å². The normalized spacial score (nSPS) is 24.7. The van der Waals surface area contributed by atoms with E-state index < -0.39 is 0 Å². The molecular weight excluding hydrogens is 304 g/mol. The number of ether oxygens (including phenoxy) is 1. The molecule has 130 valence electrons. The first-order chi connectivity index (χ1) is 11.7. The van der Waals surface area contributed by atoms with Crippen LogP contribution in [0.15, 0.2) is 30.3 Å². The maximum Gasteiger partial charge on any atom is 0.254 e. The molecule has 5 nitrogen and oxygen atoms in total. The number of rotatable bonds is 3. The van der Waals surface area contributed by atoms with Crippen LogP contribution < -0.4 is 0 Å². The van der Waals surface area contributed by atoms with Crippen molar-refractivity contribution < 1.29 is 14.3 Å². The van der Waals surface area contributed by atoms with Gasteiger partial charge in [-0.15, -0.1) is 0 Å². The number of hydrogen-bond acceptors (Lipinski definition) is 3. The molecule has 3 rings (SSSR count). The van der Waals surface area contributed by atoms with Gasteiger partial charge in [0.25, 0.3) is 5.91 Å². The highest BCUT2D eigenvalue weighted by atomic mass is 16.5. The van der Waals surface area contributed by atoms with E-state index in [1.165, 1.54) is 0 Å². The van der Waals surface area contributed by atoms with E-state index in [4.69, 9.17) is 4.74 Å². The van der Waals surface area contributed by atoms with Crippen molar-refractivity contribution >= 4 is 11.8 Å². The van der Waals surface area contributed by atoms with Crippen molar-refractivity contribution in [1.29, 1.82) is 0 Å². The topological polar surface area (TPSA) is 49.9 Å². The molecule has 0 aliphatic carbocycles. The Kier molecular flexibility index (Phi) is 5.51. The minimum Gasteiger partial charge on any atom is -0.375 e. The zero-order chi connectivity index (χ0) is 16.9. The average Bonchev–Trinajstić information content (AvgIpc) is 2.67. The number of hydrogen-bond donors (Lipinski definition) is 0. The van der Waals surface area contributed by atoms with Gasteiger partial charge in [0.1, 0.15) is 6.04 Å². The molecule has 2 aliphatic heterocycles. The average molecular weight is 330 g/mol. The summed E-state index contributed by atoms with van der Waals surface area (Å²) in [6.07, 6.45) is 3.73. The Morgan fingerprint density at radius 1 is 1.17 bits per heavy atom. The van der Waals surface area contributed by atoms with Crippen molar-refractivity contribution in [2.24, 2.45) is 0 Å². The highest BCUT2D eigenvalue weighted by molar-refractivity contribution is 5.97. The summed E-state index contributed by atoms with van der Waals surface area (Å²) in [5, 5.41) is 0. The highest BCUT2D eigenvalue weighted by Gasteiger charge is 2.36. The predicted octanol–water partition coefficient (Wildman–Crippen LogP) is 2.32. The lowest BCUT2D eigenvalue weighted by molar-refractivity contribution is -0.144. The van der Waals surface area contributed by atoms with Crippen molar-refractivity contribution in [3.63, 3.8) is 0 Å². The summed E-state index contributed by atoms with van der Waals surface area (Å²) in [6.45, 7) is 4.58. The smallest absolute Gasteiger partial charge is 0.254 e. The Labute approximate surface area is 143 Å². The Morgan fingerprint density at radius 2 is 1.96 bits per heavy atom. The Morgan fingerprint density at radius 3 is 2.71 bits per heavy atom. The first kappa shape index (κ1) is 17.0. The molecule has 0 spiro atoms. The minimum absolute atomic E-state index is 0.0334. The van der Waals surface area contributed by atoms with Crippen molar-refractivity contribution in [3.05, 3.63) is 35.9 Å². The second-order valence-electron chi connectivity index (χ2n) is 6.56. The van der Waals surface area contributed by atoms with Gasteiger partial charge in [0.05, 0.1) is 12.7 Å². The summed E-state index contributed by atoms with van der Waals surface area (Å²) in [5.74, 6) is 0.0506. The molecule has 24 heavy (non-hydrogen) atoms. The zero-order valence-corrected chi connectivity index (χ0v) is 14.3. The summed E-state index contributed by atoms with van der Waals surface area (Å²) in [4.78, 5) is 29.5. The van der Waals surface area contributed by atoms with Crippen LogP contribution in [0.25, 0.3) is 0 Å². The third kappa shape index (κ3) is 3.61. The Balaban J connectivity index is 1.74. The van der Waals surface area contributed by atoms with Crippen LogP contribution in [0, 0.1) is 0 Å². The quantitative estimate of drug-likeness (QED) is 0.854. The standard InChI is InChI=1S/C19H26N2O3/c1-2-16-14-20(12-13-24-16)19(23)17-10-6-7-11-21(17)18(22)15-8-4-3-5-9-15/h3-5,8-9,16-17H,2,6-7,10-14H2,1H3/t16-,17-/m1/s1. The van der Waals surface area contributed by atoms with E-state index in [0.29, 0.717) is 31.8 Å². The Hall–Kier alpha value is -1.88. The molecule has 0 N–H and O–H groups in total. The fourth-order valence-electron chi connectivity index (χ4n) is 3.56. The number of amides is 2. The van der Waals surface area contributed by atoms with Crippen LogP contribution in [0.2, 0.25) is 0 Å². The van der Waals surface area contributed by atoms with E-state index in [1.807, 2.05) is 35.2 Å². The van der Waals surface area contributed by atoms with Crippen LogP contribution in [-0.4, -0.2) is 60.0 Å². The van der Waals surface area contributed by atoms with E-state index in [2.05, 4.69) is 6.92 Å². The molecule has 2 saturated heterocycles. The summed E-state index contributed by atoms with van der Waals surface area (Å²) in [6, 6.07) is 8.93. The second-order valence-corrected chi connectivity index (χ2v) is 6.56. The van der Waals surface area contributed by atoms with Gasteiger partial charge in [-0.3, -0.25) is 9.59 Å². The van der Waals surface area contributed by atoms with Crippen LogP contribution in [0.3, 0.4) is 0 Å². The molecule has 1 aromatic carbocycles. The van der Waals surface area contributed by atoms with Gasteiger partial charge >= 0.3 is 0 Å². The number of carbonyl (C=O) groups excluding carboxylic acids is 2. The molecular formula is C19H26N2O3. The fourth-order valence-corrected chi connectivity index (χ4v) is 3.56. The third-order valence-electron chi connectivity index (χ3n) is 4.98. The van der Waals surface area contributed by atoms with Gasteiger partial charge in [0.2, 0.25) is 5.91 Å². The monoisotopic (exact) mass is 330 g/mol. The van der Waals surface area contributed by atoms with Crippen molar-refractivity contribution in [1.82, 2.24) is 9.80 Å². The molecule has 2 fully saturated rings. The Bertz CT molecular complexity index is 575. The van der Waals surface area contributed by atoms with E-state index in [-0.39, 0.29) is 24.0 Å². The lowest BCUT2D eigenvalue weighted by Crippen LogP contribution is -2.56. The molecule has 0 aromatic heterocycles.